The largest absolute Gasteiger partial charge is 0.497 e. The molecule has 0 aliphatic carbocycles. The number of benzene rings is 2. The van der Waals surface area contributed by atoms with E-state index in [1.54, 1.807) is 55.6 Å². The molecule has 8 nitrogen and oxygen atoms in total. The molecule has 0 atom stereocenters. The van der Waals surface area contributed by atoms with E-state index in [2.05, 4.69) is 15.5 Å². The molecule has 128 valence electrons. The smallest absolute Gasteiger partial charge is 0.340 e. The van der Waals surface area contributed by atoms with Gasteiger partial charge in [0.1, 0.15) is 31.0 Å². The molecule has 2 aromatic carbocycles. The number of methoxy groups -OCH3 is 1. The second-order valence-electron chi connectivity index (χ2n) is 4.93. The van der Waals surface area contributed by atoms with Crippen molar-refractivity contribution in [3.05, 3.63) is 60.4 Å². The van der Waals surface area contributed by atoms with Crippen LogP contribution in [-0.4, -0.2) is 46.5 Å². The summed E-state index contributed by atoms with van der Waals surface area (Å²) < 4.78 is 17.3. The Bertz CT molecular complexity index is 819. The monoisotopic (exact) mass is 340 g/mol. The standard InChI is InChI=1S/C17H16N4O4/c1-23-13-6-8-14(9-7-13)24-10-11-25-17(22)15-4-2-3-5-16(15)21-12-18-19-20-21/h2-9,12H,10-11H2,1H3. The topological polar surface area (TPSA) is 88.4 Å². The molecule has 0 spiro atoms. The minimum Gasteiger partial charge on any atom is -0.497 e. The van der Waals surface area contributed by atoms with Gasteiger partial charge in [-0.1, -0.05) is 12.1 Å². The number of carbonyl (C=O) groups excluding carboxylic acids is 1. The van der Waals surface area contributed by atoms with Gasteiger partial charge in [0.05, 0.1) is 18.4 Å². The van der Waals surface area contributed by atoms with Gasteiger partial charge in [-0.05, 0) is 46.8 Å². The zero-order valence-electron chi connectivity index (χ0n) is 13.5. The number of tetrazole rings is 1. The molecule has 0 aliphatic heterocycles. The van der Waals surface area contributed by atoms with E-state index in [-0.39, 0.29) is 13.2 Å². The van der Waals surface area contributed by atoms with Gasteiger partial charge >= 0.3 is 5.97 Å². The van der Waals surface area contributed by atoms with Crippen LogP contribution in [0.1, 0.15) is 10.4 Å². The van der Waals surface area contributed by atoms with Gasteiger partial charge in [0, 0.05) is 0 Å². The lowest BCUT2D eigenvalue weighted by Gasteiger charge is -2.10. The lowest BCUT2D eigenvalue weighted by atomic mass is 10.2. The average molecular weight is 340 g/mol. The molecular weight excluding hydrogens is 324 g/mol. The minimum atomic E-state index is -0.468. The van der Waals surface area contributed by atoms with Gasteiger partial charge in [0.2, 0.25) is 0 Å². The van der Waals surface area contributed by atoms with Crippen molar-refractivity contribution >= 4 is 5.97 Å². The van der Waals surface area contributed by atoms with E-state index in [4.69, 9.17) is 14.2 Å². The number of esters is 1. The second-order valence-corrected chi connectivity index (χ2v) is 4.93. The first-order valence-corrected chi connectivity index (χ1v) is 7.54. The molecule has 0 saturated heterocycles. The van der Waals surface area contributed by atoms with Crippen LogP contribution in [0.15, 0.2) is 54.9 Å². The summed E-state index contributed by atoms with van der Waals surface area (Å²) in [5, 5.41) is 10.9. The maximum Gasteiger partial charge on any atom is 0.340 e. The number of para-hydroxylation sites is 1. The Balaban J connectivity index is 1.54. The van der Waals surface area contributed by atoms with Gasteiger partial charge in [-0.2, -0.15) is 4.68 Å². The van der Waals surface area contributed by atoms with Crippen molar-refractivity contribution < 1.29 is 19.0 Å². The zero-order chi connectivity index (χ0) is 17.5. The van der Waals surface area contributed by atoms with E-state index >= 15 is 0 Å². The lowest BCUT2D eigenvalue weighted by Crippen LogP contribution is -2.14. The molecule has 1 heterocycles. The molecule has 0 saturated carbocycles. The molecular formula is C17H16N4O4. The number of ether oxygens (including phenoxy) is 3. The Labute approximate surface area is 143 Å². The summed E-state index contributed by atoms with van der Waals surface area (Å²) in [7, 11) is 1.60. The highest BCUT2D eigenvalue weighted by Gasteiger charge is 2.14. The van der Waals surface area contributed by atoms with Crippen LogP contribution >= 0.6 is 0 Å². The third-order valence-corrected chi connectivity index (χ3v) is 3.36. The van der Waals surface area contributed by atoms with Crippen LogP contribution in [0, 0.1) is 0 Å². The van der Waals surface area contributed by atoms with Crippen molar-refractivity contribution in [2.45, 2.75) is 0 Å². The Kier molecular flexibility index (Phi) is 5.20. The van der Waals surface area contributed by atoms with Gasteiger partial charge in [-0.15, -0.1) is 5.10 Å². The van der Waals surface area contributed by atoms with Gasteiger partial charge in [-0.25, -0.2) is 4.79 Å². The fourth-order valence-corrected chi connectivity index (χ4v) is 2.16. The third-order valence-electron chi connectivity index (χ3n) is 3.36. The summed E-state index contributed by atoms with van der Waals surface area (Å²) in [5.74, 6) is 0.952. The normalized spacial score (nSPS) is 10.3. The molecule has 0 radical (unpaired) electrons. The maximum absolute atomic E-state index is 12.3. The Morgan fingerprint density at radius 2 is 1.80 bits per heavy atom. The SMILES string of the molecule is COc1ccc(OCCOC(=O)c2ccccc2-n2cnnn2)cc1. The van der Waals surface area contributed by atoms with Crippen molar-refractivity contribution in [3.63, 3.8) is 0 Å². The molecule has 0 aliphatic rings. The summed E-state index contributed by atoms with van der Waals surface area (Å²) in [6.45, 7) is 0.361. The summed E-state index contributed by atoms with van der Waals surface area (Å²) >= 11 is 0. The number of rotatable bonds is 7. The van der Waals surface area contributed by atoms with E-state index in [0.29, 0.717) is 17.0 Å². The Morgan fingerprint density at radius 3 is 2.52 bits per heavy atom. The molecule has 0 unspecified atom stereocenters. The van der Waals surface area contributed by atoms with Crippen LogP contribution in [0.2, 0.25) is 0 Å². The second kappa shape index (κ2) is 7.91. The van der Waals surface area contributed by atoms with Crippen molar-refractivity contribution in [2.24, 2.45) is 0 Å². The number of carbonyl (C=O) groups is 1. The van der Waals surface area contributed by atoms with E-state index in [1.807, 2.05) is 0 Å². The average Bonchev–Trinajstić information content (AvgIpc) is 3.20. The molecule has 25 heavy (non-hydrogen) atoms. The van der Waals surface area contributed by atoms with Gasteiger partial charge in [0.15, 0.2) is 0 Å². The van der Waals surface area contributed by atoms with E-state index in [0.717, 1.165) is 5.75 Å². The maximum atomic E-state index is 12.3. The van der Waals surface area contributed by atoms with E-state index in [1.165, 1.54) is 11.0 Å². The van der Waals surface area contributed by atoms with Crippen LogP contribution in [0.4, 0.5) is 0 Å². The fraction of sp³-hybridized carbons (Fsp3) is 0.176. The number of nitrogens with zero attached hydrogens (tertiary/aromatic N) is 4. The highest BCUT2D eigenvalue weighted by Crippen LogP contribution is 2.17. The van der Waals surface area contributed by atoms with Crippen LogP contribution in [0.3, 0.4) is 0 Å². The van der Waals surface area contributed by atoms with Gasteiger partial charge in [0.25, 0.3) is 0 Å². The molecule has 0 amide bonds. The van der Waals surface area contributed by atoms with Crippen molar-refractivity contribution in [1.82, 2.24) is 20.2 Å². The number of hydrogen-bond acceptors (Lipinski definition) is 7. The molecule has 0 N–H and O–H groups in total. The number of hydrogen-bond donors (Lipinski definition) is 0. The summed E-state index contributed by atoms with van der Waals surface area (Å²) in [5.41, 5.74) is 0.924. The first kappa shape index (κ1) is 16.4. The Morgan fingerprint density at radius 1 is 1.04 bits per heavy atom. The Hall–Kier alpha value is -3.42. The highest BCUT2D eigenvalue weighted by atomic mass is 16.6. The van der Waals surface area contributed by atoms with Gasteiger partial charge < -0.3 is 14.2 Å². The molecule has 0 bridgehead atoms. The first-order valence-electron chi connectivity index (χ1n) is 7.54. The van der Waals surface area contributed by atoms with Crippen molar-refractivity contribution in [3.8, 4) is 17.2 Å². The third kappa shape index (κ3) is 4.11. The molecule has 0 fully saturated rings. The summed E-state index contributed by atoms with van der Waals surface area (Å²) in [6.07, 6.45) is 1.42. The van der Waals surface area contributed by atoms with Crippen LogP contribution in [0.25, 0.3) is 5.69 Å². The van der Waals surface area contributed by atoms with Crippen molar-refractivity contribution in [2.75, 3.05) is 20.3 Å². The van der Waals surface area contributed by atoms with E-state index < -0.39 is 5.97 Å². The predicted molar refractivity (Wildman–Crippen MR) is 87.9 cm³/mol. The molecule has 3 aromatic rings. The molecule has 1 aromatic heterocycles. The highest BCUT2D eigenvalue weighted by molar-refractivity contribution is 5.93. The summed E-state index contributed by atoms with van der Waals surface area (Å²) in [4.78, 5) is 12.3. The minimum absolute atomic E-state index is 0.120. The van der Waals surface area contributed by atoms with Crippen LogP contribution < -0.4 is 9.47 Å². The zero-order valence-corrected chi connectivity index (χ0v) is 13.5. The number of aromatic nitrogens is 4. The summed E-state index contributed by atoms with van der Waals surface area (Å²) in [6, 6.07) is 14.1. The molecule has 3 rings (SSSR count). The first-order chi connectivity index (χ1) is 12.3. The quantitative estimate of drug-likeness (QED) is 0.479. The lowest BCUT2D eigenvalue weighted by molar-refractivity contribution is 0.0450. The fourth-order valence-electron chi connectivity index (χ4n) is 2.16. The van der Waals surface area contributed by atoms with Crippen LogP contribution in [0.5, 0.6) is 11.5 Å². The predicted octanol–water partition coefficient (Wildman–Crippen LogP) is 1.91. The van der Waals surface area contributed by atoms with Gasteiger partial charge in [-0.3, -0.25) is 0 Å². The molecule has 8 heteroatoms. The van der Waals surface area contributed by atoms with Crippen LogP contribution in [-0.2, 0) is 4.74 Å². The van der Waals surface area contributed by atoms with E-state index in [9.17, 15) is 4.79 Å². The van der Waals surface area contributed by atoms with Crippen molar-refractivity contribution in [1.29, 1.82) is 0 Å².